The summed E-state index contributed by atoms with van der Waals surface area (Å²) in [6, 6.07) is 8.23. The van der Waals surface area contributed by atoms with Crippen molar-refractivity contribution < 1.29 is 39.0 Å². The number of amides is 3. The smallest absolute Gasteiger partial charge is 0.353 e. The van der Waals surface area contributed by atoms with Crippen molar-refractivity contribution in [2.75, 3.05) is 18.1 Å². The van der Waals surface area contributed by atoms with Crippen LogP contribution in [-0.2, 0) is 35.4 Å². The van der Waals surface area contributed by atoms with Crippen molar-refractivity contribution in [3.8, 4) is 0 Å². The molecule has 6 N–H and O–H groups in total. The van der Waals surface area contributed by atoms with Gasteiger partial charge in [-0.15, -0.1) is 23.1 Å². The van der Waals surface area contributed by atoms with Crippen LogP contribution in [-0.4, -0.2) is 79.2 Å². The van der Waals surface area contributed by atoms with Crippen LogP contribution in [0.4, 0.5) is 5.13 Å². The highest BCUT2D eigenvalue weighted by atomic mass is 32.2. The van der Waals surface area contributed by atoms with Gasteiger partial charge in [-0.05, 0) is 11.0 Å². The minimum Gasteiger partial charge on any atom is -0.479 e. The van der Waals surface area contributed by atoms with E-state index in [1.165, 1.54) is 28.6 Å². The Labute approximate surface area is 244 Å². The van der Waals surface area contributed by atoms with Crippen LogP contribution in [0.25, 0.3) is 0 Å². The molecule has 14 nitrogen and oxygen atoms in total. The van der Waals surface area contributed by atoms with E-state index in [2.05, 4.69) is 20.8 Å². The fraction of sp³-hybridized carbons (Fsp3) is 0.208. The summed E-state index contributed by atoms with van der Waals surface area (Å²) < 4.78 is 0. The molecule has 1 fully saturated rings. The molecule has 3 heterocycles. The van der Waals surface area contributed by atoms with Gasteiger partial charge in [-0.25, -0.2) is 14.6 Å². The number of β-lactam (4-membered cyclic amide) rings is 1. The second-order valence-corrected chi connectivity index (χ2v) is 11.2. The first-order valence-corrected chi connectivity index (χ1v) is 14.5. The maximum Gasteiger partial charge on any atom is 0.353 e. The third-order valence-corrected chi connectivity index (χ3v) is 8.52. The van der Waals surface area contributed by atoms with E-state index >= 15 is 0 Å². The van der Waals surface area contributed by atoms with E-state index in [4.69, 9.17) is 15.7 Å². The maximum absolute atomic E-state index is 13.0. The van der Waals surface area contributed by atoms with Gasteiger partial charge < -0.3 is 31.4 Å². The molecule has 0 saturated carbocycles. The number of carboxylic acid groups (broad SMARTS) is 2. The standard InChI is InChI=1S/C24H22N6O8S3/c25-24-27-13(10-41-24)17(29-38-9-16(32)33)20(34)28-18-21(35)30-19(23(36)37)14(11-40-22(18)30)39-7-6-15(31)26-8-12-4-2-1-3-5-12/h1-7,10,18,22H,8-9,11H2,(H2,25,27)(H,26,31)(H,28,34)(H,32,33)(H,36,37)/b7-6-,29-17-/t18-,22-/m1/s1. The Kier molecular flexibility index (Phi) is 9.64. The number of carboxylic acids is 2. The Bertz CT molecular complexity index is 1460. The Hall–Kier alpha value is -4.35. The van der Waals surface area contributed by atoms with Crippen LogP contribution in [0.1, 0.15) is 11.3 Å². The predicted octanol–water partition coefficient (Wildman–Crippen LogP) is 0.790. The monoisotopic (exact) mass is 618 g/mol. The van der Waals surface area contributed by atoms with Crippen molar-refractivity contribution in [1.29, 1.82) is 0 Å². The number of nitrogens with two attached hydrogens (primary N) is 1. The first-order valence-electron chi connectivity index (χ1n) is 11.7. The van der Waals surface area contributed by atoms with Gasteiger partial charge in [0.2, 0.25) is 12.5 Å². The zero-order chi connectivity index (χ0) is 29.5. The lowest BCUT2D eigenvalue weighted by atomic mass is 10.0. The fourth-order valence-electron chi connectivity index (χ4n) is 3.67. The quantitative estimate of drug-likeness (QED) is 0.0966. The van der Waals surface area contributed by atoms with Crippen LogP contribution in [0.15, 0.2) is 63.0 Å². The molecule has 2 aliphatic rings. The average Bonchev–Trinajstić information content (AvgIpc) is 3.38. The maximum atomic E-state index is 13.0. The van der Waals surface area contributed by atoms with Crippen LogP contribution < -0.4 is 16.4 Å². The SMILES string of the molecule is Nc1nc(/C(=N/OCC(=O)O)C(=O)N[C@@H]2C(=O)N3C(C(=O)O)=C(S/C=C\C(=O)NCc4ccccc4)CS[C@H]23)cs1. The van der Waals surface area contributed by atoms with Gasteiger partial charge in [0, 0.05) is 28.7 Å². The Morgan fingerprint density at radius 1 is 1.24 bits per heavy atom. The van der Waals surface area contributed by atoms with E-state index in [0.29, 0.717) is 11.4 Å². The number of aromatic nitrogens is 1. The summed E-state index contributed by atoms with van der Waals surface area (Å²) in [4.78, 5) is 71.0. The highest BCUT2D eigenvalue weighted by Gasteiger charge is 2.54. The summed E-state index contributed by atoms with van der Waals surface area (Å²) in [5, 5.41) is 29.7. The number of hydrogen-bond donors (Lipinski definition) is 5. The predicted molar refractivity (Wildman–Crippen MR) is 151 cm³/mol. The molecule has 1 aromatic carbocycles. The molecule has 1 aromatic heterocycles. The van der Waals surface area contributed by atoms with Gasteiger partial charge in [0.15, 0.2) is 10.8 Å². The molecule has 17 heteroatoms. The van der Waals surface area contributed by atoms with Gasteiger partial charge in [0.1, 0.15) is 22.8 Å². The van der Waals surface area contributed by atoms with Gasteiger partial charge in [-0.2, -0.15) is 0 Å². The zero-order valence-corrected chi connectivity index (χ0v) is 23.3. The van der Waals surface area contributed by atoms with Crippen LogP contribution >= 0.6 is 34.9 Å². The molecule has 0 bridgehead atoms. The minimum atomic E-state index is -1.33. The molecule has 3 amide bonds. The zero-order valence-electron chi connectivity index (χ0n) is 20.9. The lowest BCUT2D eigenvalue weighted by molar-refractivity contribution is -0.150. The minimum absolute atomic E-state index is 0.0136. The number of fused-ring (bicyclic) bond motifs is 1. The average molecular weight is 619 g/mol. The number of nitrogens with one attached hydrogen (secondary N) is 2. The Morgan fingerprint density at radius 2 is 2.00 bits per heavy atom. The molecule has 2 aliphatic heterocycles. The van der Waals surface area contributed by atoms with E-state index in [0.717, 1.165) is 33.6 Å². The molecule has 1 saturated heterocycles. The molecule has 41 heavy (non-hydrogen) atoms. The van der Waals surface area contributed by atoms with Gasteiger partial charge >= 0.3 is 11.9 Å². The summed E-state index contributed by atoms with van der Waals surface area (Å²) in [5.74, 6) is -4.37. The highest BCUT2D eigenvalue weighted by Crippen LogP contribution is 2.43. The molecular formula is C24H22N6O8S3. The number of nitrogens with zero attached hydrogens (tertiary/aromatic N) is 3. The molecule has 0 unspecified atom stereocenters. The van der Waals surface area contributed by atoms with Crippen molar-refractivity contribution in [2.45, 2.75) is 18.0 Å². The molecule has 4 rings (SSSR count). The van der Waals surface area contributed by atoms with Crippen LogP contribution in [0.3, 0.4) is 0 Å². The van der Waals surface area contributed by atoms with Crippen molar-refractivity contribution in [2.24, 2.45) is 5.16 Å². The number of hydrogen-bond acceptors (Lipinski definition) is 12. The van der Waals surface area contributed by atoms with Crippen LogP contribution in [0.5, 0.6) is 0 Å². The molecule has 214 valence electrons. The lowest BCUT2D eigenvalue weighted by Crippen LogP contribution is -2.71. The number of carbonyl (C=O) groups excluding carboxylic acids is 3. The number of oxime groups is 1. The topological polar surface area (TPSA) is 214 Å². The van der Waals surface area contributed by atoms with Gasteiger partial charge in [0.25, 0.3) is 11.8 Å². The summed E-state index contributed by atoms with van der Waals surface area (Å²) >= 11 is 3.25. The second kappa shape index (κ2) is 13.3. The molecule has 0 spiro atoms. The van der Waals surface area contributed by atoms with Crippen LogP contribution in [0, 0.1) is 0 Å². The van der Waals surface area contributed by atoms with Gasteiger partial charge in [0.05, 0.1) is 0 Å². The summed E-state index contributed by atoms with van der Waals surface area (Å²) in [6.45, 7) is -0.486. The largest absolute Gasteiger partial charge is 0.479 e. The highest BCUT2D eigenvalue weighted by molar-refractivity contribution is 8.08. The third-order valence-electron chi connectivity index (χ3n) is 5.49. The first-order chi connectivity index (χ1) is 19.7. The van der Waals surface area contributed by atoms with E-state index in [1.54, 1.807) is 0 Å². The number of anilines is 1. The summed E-state index contributed by atoms with van der Waals surface area (Å²) in [6.07, 6.45) is 1.27. The number of thioether (sulfide) groups is 2. The Balaban J connectivity index is 1.41. The normalized spacial score (nSPS) is 18.5. The van der Waals surface area contributed by atoms with Crippen molar-refractivity contribution >= 4 is 75.4 Å². The first kappa shape index (κ1) is 29.6. The number of thiazole rings is 1. The van der Waals surface area contributed by atoms with E-state index < -0.39 is 47.5 Å². The van der Waals surface area contributed by atoms with Crippen LogP contribution in [0.2, 0.25) is 0 Å². The molecular weight excluding hydrogens is 596 g/mol. The fourth-order valence-corrected chi connectivity index (χ4v) is 6.54. The molecule has 2 aromatic rings. The third kappa shape index (κ3) is 7.24. The number of nitrogen functional groups attached to an aromatic ring is 1. The number of benzene rings is 1. The summed E-state index contributed by atoms with van der Waals surface area (Å²) in [5.41, 5.74) is 5.92. The van der Waals surface area contributed by atoms with Gasteiger partial charge in [-0.3, -0.25) is 19.3 Å². The van der Waals surface area contributed by atoms with E-state index in [1.807, 2.05) is 30.3 Å². The molecule has 0 aliphatic carbocycles. The van der Waals surface area contributed by atoms with Gasteiger partial charge in [-0.1, -0.05) is 47.2 Å². The number of aliphatic carboxylic acids is 2. The van der Waals surface area contributed by atoms with Crippen molar-refractivity contribution in [1.82, 2.24) is 20.5 Å². The summed E-state index contributed by atoms with van der Waals surface area (Å²) in [7, 11) is 0. The second-order valence-electron chi connectivity index (χ2n) is 8.24. The number of carbonyl (C=O) groups is 5. The van der Waals surface area contributed by atoms with E-state index in [9.17, 15) is 29.1 Å². The van der Waals surface area contributed by atoms with Crippen molar-refractivity contribution in [3.63, 3.8) is 0 Å². The molecule has 2 atom stereocenters. The number of rotatable bonds is 12. The molecule has 0 radical (unpaired) electrons. The van der Waals surface area contributed by atoms with Crippen molar-refractivity contribution in [3.05, 3.63) is 69.1 Å². The van der Waals surface area contributed by atoms with E-state index in [-0.39, 0.29) is 28.2 Å². The Morgan fingerprint density at radius 3 is 2.66 bits per heavy atom. The lowest BCUT2D eigenvalue weighted by Gasteiger charge is -2.49.